The minimum absolute atomic E-state index is 0.217. The molecule has 4 heteroatoms. The minimum Gasteiger partial charge on any atom is -0.487 e. The van der Waals surface area contributed by atoms with Gasteiger partial charge in [-0.25, -0.2) is 4.98 Å². The SMILES string of the molecule is CCCC[C@@H](N)c1nc(C=O)ccc1OCc1ccccc1. The monoisotopic (exact) mass is 298 g/mol. The van der Waals surface area contributed by atoms with Crippen LogP contribution >= 0.6 is 0 Å². The van der Waals surface area contributed by atoms with Gasteiger partial charge in [0, 0.05) is 0 Å². The highest BCUT2D eigenvalue weighted by Crippen LogP contribution is 2.26. The van der Waals surface area contributed by atoms with Gasteiger partial charge in [0.15, 0.2) is 6.29 Å². The summed E-state index contributed by atoms with van der Waals surface area (Å²) in [5.41, 5.74) is 8.34. The maximum absolute atomic E-state index is 10.9. The molecule has 0 saturated heterocycles. The number of rotatable bonds is 8. The van der Waals surface area contributed by atoms with E-state index in [1.807, 2.05) is 30.3 Å². The van der Waals surface area contributed by atoms with Crippen LogP contribution in [0.25, 0.3) is 0 Å². The lowest BCUT2D eigenvalue weighted by Gasteiger charge is -2.16. The van der Waals surface area contributed by atoms with Crippen molar-refractivity contribution in [3.05, 3.63) is 59.4 Å². The Morgan fingerprint density at radius 1 is 1.23 bits per heavy atom. The van der Waals surface area contributed by atoms with Gasteiger partial charge in [0.1, 0.15) is 18.1 Å². The van der Waals surface area contributed by atoms with Gasteiger partial charge in [-0.1, -0.05) is 50.1 Å². The highest BCUT2D eigenvalue weighted by atomic mass is 16.5. The van der Waals surface area contributed by atoms with E-state index in [0.29, 0.717) is 23.7 Å². The molecular formula is C18H22N2O2. The molecule has 0 aliphatic heterocycles. The van der Waals surface area contributed by atoms with Crippen molar-refractivity contribution in [2.45, 2.75) is 38.8 Å². The van der Waals surface area contributed by atoms with Crippen LogP contribution in [-0.2, 0) is 6.61 Å². The van der Waals surface area contributed by atoms with E-state index in [9.17, 15) is 4.79 Å². The van der Waals surface area contributed by atoms with E-state index in [0.717, 1.165) is 31.1 Å². The summed E-state index contributed by atoms with van der Waals surface area (Å²) in [7, 11) is 0. The molecule has 0 aliphatic rings. The molecule has 22 heavy (non-hydrogen) atoms. The molecule has 2 aromatic rings. The van der Waals surface area contributed by atoms with Gasteiger partial charge in [-0.15, -0.1) is 0 Å². The van der Waals surface area contributed by atoms with Crippen LogP contribution in [0.3, 0.4) is 0 Å². The van der Waals surface area contributed by atoms with Gasteiger partial charge in [0.2, 0.25) is 0 Å². The Balaban J connectivity index is 2.16. The maximum atomic E-state index is 10.9. The van der Waals surface area contributed by atoms with Crippen molar-refractivity contribution in [2.24, 2.45) is 5.73 Å². The molecule has 1 heterocycles. The van der Waals surface area contributed by atoms with Gasteiger partial charge >= 0.3 is 0 Å². The van der Waals surface area contributed by atoms with Crippen LogP contribution in [0.5, 0.6) is 5.75 Å². The molecule has 0 saturated carbocycles. The molecule has 0 amide bonds. The van der Waals surface area contributed by atoms with Crippen molar-refractivity contribution < 1.29 is 9.53 Å². The zero-order valence-corrected chi connectivity index (χ0v) is 12.9. The highest BCUT2D eigenvalue weighted by Gasteiger charge is 2.15. The second kappa shape index (κ2) is 8.29. The van der Waals surface area contributed by atoms with Crippen LogP contribution < -0.4 is 10.5 Å². The van der Waals surface area contributed by atoms with Crippen molar-refractivity contribution in [1.82, 2.24) is 4.98 Å². The number of hydrogen-bond acceptors (Lipinski definition) is 4. The third-order valence-electron chi connectivity index (χ3n) is 3.49. The lowest BCUT2D eigenvalue weighted by atomic mass is 10.1. The lowest BCUT2D eigenvalue weighted by Crippen LogP contribution is -2.15. The summed E-state index contributed by atoms with van der Waals surface area (Å²) in [6, 6.07) is 13.1. The van der Waals surface area contributed by atoms with Crippen LogP contribution in [0, 0.1) is 0 Å². The number of carbonyl (C=O) groups is 1. The first kappa shape index (κ1) is 16.2. The summed E-state index contributed by atoms with van der Waals surface area (Å²) in [6.07, 6.45) is 3.65. The van der Waals surface area contributed by atoms with E-state index in [1.54, 1.807) is 12.1 Å². The number of unbranched alkanes of at least 4 members (excludes halogenated alkanes) is 1. The van der Waals surface area contributed by atoms with Gasteiger partial charge in [-0.3, -0.25) is 4.79 Å². The van der Waals surface area contributed by atoms with Crippen LogP contribution in [0.1, 0.15) is 54.0 Å². The zero-order chi connectivity index (χ0) is 15.8. The summed E-state index contributed by atoms with van der Waals surface area (Å²) in [6.45, 7) is 2.57. The Morgan fingerprint density at radius 2 is 2.00 bits per heavy atom. The fraction of sp³-hybridized carbons (Fsp3) is 0.333. The molecule has 0 spiro atoms. The van der Waals surface area contributed by atoms with Gasteiger partial charge in [-0.05, 0) is 24.1 Å². The molecule has 2 rings (SSSR count). The standard InChI is InChI=1S/C18H22N2O2/c1-2-3-9-16(19)18-17(11-10-15(12-21)20-18)22-13-14-7-5-4-6-8-14/h4-8,10-12,16H,2-3,9,13,19H2,1H3/t16-/m1/s1. The van der Waals surface area contributed by atoms with Crippen LogP contribution in [0.15, 0.2) is 42.5 Å². The van der Waals surface area contributed by atoms with Crippen LogP contribution in [0.4, 0.5) is 0 Å². The number of hydrogen-bond donors (Lipinski definition) is 1. The molecule has 1 aromatic carbocycles. The largest absolute Gasteiger partial charge is 0.487 e. The summed E-state index contributed by atoms with van der Waals surface area (Å²) in [5.74, 6) is 0.651. The van der Waals surface area contributed by atoms with E-state index in [4.69, 9.17) is 10.5 Å². The van der Waals surface area contributed by atoms with Crippen molar-refractivity contribution in [3.8, 4) is 5.75 Å². The molecule has 2 N–H and O–H groups in total. The fourth-order valence-electron chi connectivity index (χ4n) is 2.23. The average Bonchev–Trinajstić information content (AvgIpc) is 2.58. The topological polar surface area (TPSA) is 65.2 Å². The van der Waals surface area contributed by atoms with Gasteiger partial charge in [-0.2, -0.15) is 0 Å². The van der Waals surface area contributed by atoms with Gasteiger partial charge in [0.25, 0.3) is 0 Å². The number of pyridine rings is 1. The fourth-order valence-corrected chi connectivity index (χ4v) is 2.23. The molecule has 1 atom stereocenters. The van der Waals surface area contributed by atoms with E-state index >= 15 is 0 Å². The van der Waals surface area contributed by atoms with E-state index in [-0.39, 0.29) is 6.04 Å². The van der Waals surface area contributed by atoms with Crippen LogP contribution in [-0.4, -0.2) is 11.3 Å². The number of aldehydes is 1. The first-order valence-corrected chi connectivity index (χ1v) is 7.63. The molecule has 0 fully saturated rings. The Bertz CT molecular complexity index is 599. The predicted octanol–water partition coefficient (Wildman–Crippen LogP) is 3.66. The van der Waals surface area contributed by atoms with Gasteiger partial charge < -0.3 is 10.5 Å². The first-order valence-electron chi connectivity index (χ1n) is 7.63. The van der Waals surface area contributed by atoms with Crippen molar-refractivity contribution in [3.63, 3.8) is 0 Å². The molecule has 0 unspecified atom stereocenters. The number of carbonyl (C=O) groups excluding carboxylic acids is 1. The molecule has 116 valence electrons. The molecule has 0 bridgehead atoms. The minimum atomic E-state index is -0.217. The second-order valence-corrected chi connectivity index (χ2v) is 5.26. The number of nitrogens with two attached hydrogens (primary N) is 1. The maximum Gasteiger partial charge on any atom is 0.168 e. The third-order valence-corrected chi connectivity index (χ3v) is 3.49. The van der Waals surface area contributed by atoms with Gasteiger partial charge in [0.05, 0.1) is 11.7 Å². The van der Waals surface area contributed by atoms with Crippen molar-refractivity contribution >= 4 is 6.29 Å². The number of aromatic nitrogens is 1. The normalized spacial score (nSPS) is 11.9. The van der Waals surface area contributed by atoms with Crippen molar-refractivity contribution in [1.29, 1.82) is 0 Å². The van der Waals surface area contributed by atoms with Crippen molar-refractivity contribution in [2.75, 3.05) is 0 Å². The van der Waals surface area contributed by atoms with E-state index < -0.39 is 0 Å². The first-order chi connectivity index (χ1) is 10.7. The van der Waals surface area contributed by atoms with E-state index in [2.05, 4.69) is 11.9 Å². The summed E-state index contributed by atoms with van der Waals surface area (Å²) in [4.78, 5) is 15.3. The molecule has 0 aliphatic carbocycles. The highest BCUT2D eigenvalue weighted by molar-refractivity contribution is 5.72. The summed E-state index contributed by atoms with van der Waals surface area (Å²) < 4.78 is 5.87. The van der Waals surface area contributed by atoms with Crippen LogP contribution in [0.2, 0.25) is 0 Å². The Labute approximate surface area is 131 Å². The second-order valence-electron chi connectivity index (χ2n) is 5.26. The smallest absolute Gasteiger partial charge is 0.168 e. The molecule has 1 aromatic heterocycles. The number of benzene rings is 1. The number of nitrogens with zero attached hydrogens (tertiary/aromatic N) is 1. The summed E-state index contributed by atoms with van der Waals surface area (Å²) in [5, 5.41) is 0. The summed E-state index contributed by atoms with van der Waals surface area (Å²) >= 11 is 0. The molecule has 4 nitrogen and oxygen atoms in total. The van der Waals surface area contributed by atoms with E-state index in [1.165, 1.54) is 0 Å². The molecule has 0 radical (unpaired) electrons. The average molecular weight is 298 g/mol. The Morgan fingerprint density at radius 3 is 2.68 bits per heavy atom. The predicted molar refractivity (Wildman–Crippen MR) is 86.9 cm³/mol. The third kappa shape index (κ3) is 4.40. The zero-order valence-electron chi connectivity index (χ0n) is 12.9. The quantitative estimate of drug-likeness (QED) is 0.755. The number of ether oxygens (including phenoxy) is 1. The lowest BCUT2D eigenvalue weighted by molar-refractivity contribution is 0.111. The molecular weight excluding hydrogens is 276 g/mol. The Hall–Kier alpha value is -2.20. The Kier molecular flexibility index (Phi) is 6.10.